The standard InChI is InChI=1S/C22H17FN4O5S/c23-15-5-1-13(2-6-15)12-24-33(31,32)17-9-10-19-18(11-17)20(21(28)25-19)27-26-16-7-3-14(4-8-16)22(29)30/h1-11,24-25,28H,12H2,(H,29,30). The summed E-state index contributed by atoms with van der Waals surface area (Å²) in [5.74, 6) is -1.79. The van der Waals surface area contributed by atoms with E-state index < -0.39 is 21.8 Å². The lowest BCUT2D eigenvalue weighted by atomic mass is 10.2. The molecule has 1 aromatic heterocycles. The molecule has 0 unspecified atom stereocenters. The minimum atomic E-state index is -3.91. The number of carboxylic acid groups (broad SMARTS) is 1. The van der Waals surface area contributed by atoms with Crippen LogP contribution in [0.1, 0.15) is 15.9 Å². The van der Waals surface area contributed by atoms with Crippen molar-refractivity contribution in [3.8, 4) is 5.88 Å². The van der Waals surface area contributed by atoms with Gasteiger partial charge in [0.15, 0.2) is 5.69 Å². The second-order valence-electron chi connectivity index (χ2n) is 7.03. The molecule has 4 aromatic rings. The third kappa shape index (κ3) is 4.89. The van der Waals surface area contributed by atoms with Crippen molar-refractivity contribution in [3.05, 3.63) is 83.7 Å². The van der Waals surface area contributed by atoms with Crippen LogP contribution in [0.4, 0.5) is 15.8 Å². The zero-order valence-electron chi connectivity index (χ0n) is 16.9. The van der Waals surface area contributed by atoms with E-state index in [0.717, 1.165) is 0 Å². The molecule has 0 atom stereocenters. The van der Waals surface area contributed by atoms with Crippen molar-refractivity contribution < 1.29 is 27.8 Å². The lowest BCUT2D eigenvalue weighted by molar-refractivity contribution is 0.0697. The number of hydrogen-bond donors (Lipinski definition) is 4. The number of aromatic amines is 1. The summed E-state index contributed by atoms with van der Waals surface area (Å²) in [4.78, 5) is 13.6. The van der Waals surface area contributed by atoms with E-state index in [2.05, 4.69) is 19.9 Å². The van der Waals surface area contributed by atoms with Crippen molar-refractivity contribution in [3.63, 3.8) is 0 Å². The van der Waals surface area contributed by atoms with Gasteiger partial charge in [-0.25, -0.2) is 22.3 Å². The Morgan fingerprint density at radius 3 is 2.36 bits per heavy atom. The third-order valence-corrected chi connectivity index (χ3v) is 6.19. The highest BCUT2D eigenvalue weighted by Gasteiger charge is 2.18. The number of azo groups is 1. The average Bonchev–Trinajstić information content (AvgIpc) is 3.11. The van der Waals surface area contributed by atoms with Crippen LogP contribution >= 0.6 is 0 Å². The van der Waals surface area contributed by atoms with Gasteiger partial charge in [0.25, 0.3) is 0 Å². The van der Waals surface area contributed by atoms with Gasteiger partial charge in [-0.05, 0) is 60.2 Å². The zero-order valence-corrected chi connectivity index (χ0v) is 17.7. The molecule has 9 nitrogen and oxygen atoms in total. The van der Waals surface area contributed by atoms with Crippen molar-refractivity contribution in [2.45, 2.75) is 11.4 Å². The smallest absolute Gasteiger partial charge is 0.335 e. The molecule has 4 N–H and O–H groups in total. The number of H-pyrrole nitrogens is 1. The van der Waals surface area contributed by atoms with E-state index in [1.54, 1.807) is 0 Å². The van der Waals surface area contributed by atoms with Gasteiger partial charge in [0.1, 0.15) is 5.82 Å². The maximum atomic E-state index is 13.0. The summed E-state index contributed by atoms with van der Waals surface area (Å²) in [5.41, 5.74) is 1.50. The topological polar surface area (TPSA) is 144 Å². The van der Waals surface area contributed by atoms with Crippen LogP contribution in [0.3, 0.4) is 0 Å². The predicted octanol–water partition coefficient (Wildman–Crippen LogP) is 4.60. The third-order valence-electron chi connectivity index (χ3n) is 4.79. The minimum Gasteiger partial charge on any atom is -0.493 e. The molecule has 4 rings (SSSR count). The number of hydrogen-bond acceptors (Lipinski definition) is 6. The molecule has 33 heavy (non-hydrogen) atoms. The highest BCUT2D eigenvalue weighted by molar-refractivity contribution is 7.89. The van der Waals surface area contributed by atoms with Crippen LogP contribution in [0, 0.1) is 5.82 Å². The number of aromatic carboxylic acids is 1. The summed E-state index contributed by atoms with van der Waals surface area (Å²) in [6, 6.07) is 15.3. The molecule has 0 saturated heterocycles. The van der Waals surface area contributed by atoms with Crippen LogP contribution in [0.15, 0.2) is 81.9 Å². The summed E-state index contributed by atoms with van der Waals surface area (Å²) in [6.45, 7) is -0.0298. The van der Waals surface area contributed by atoms with Gasteiger partial charge in [-0.1, -0.05) is 12.1 Å². The average molecular weight is 468 g/mol. The van der Waals surface area contributed by atoms with E-state index in [9.17, 15) is 22.7 Å². The molecule has 0 spiro atoms. The Hall–Kier alpha value is -4.09. The molecule has 168 valence electrons. The van der Waals surface area contributed by atoms with Crippen molar-refractivity contribution in [2.24, 2.45) is 10.2 Å². The highest BCUT2D eigenvalue weighted by atomic mass is 32.2. The lowest BCUT2D eigenvalue weighted by Crippen LogP contribution is -2.23. The molecule has 0 aliphatic rings. The van der Waals surface area contributed by atoms with Crippen LogP contribution in [0.2, 0.25) is 0 Å². The zero-order chi connectivity index (χ0) is 23.6. The highest BCUT2D eigenvalue weighted by Crippen LogP contribution is 2.37. The fourth-order valence-corrected chi connectivity index (χ4v) is 4.10. The first-order valence-electron chi connectivity index (χ1n) is 9.57. The maximum Gasteiger partial charge on any atom is 0.335 e. The van der Waals surface area contributed by atoms with E-state index in [1.165, 1.54) is 66.7 Å². The monoisotopic (exact) mass is 468 g/mol. The van der Waals surface area contributed by atoms with E-state index in [4.69, 9.17) is 5.11 Å². The van der Waals surface area contributed by atoms with Gasteiger partial charge < -0.3 is 15.2 Å². The Morgan fingerprint density at radius 2 is 1.70 bits per heavy atom. The van der Waals surface area contributed by atoms with Gasteiger partial charge in [0, 0.05) is 11.9 Å². The van der Waals surface area contributed by atoms with E-state index in [-0.39, 0.29) is 28.6 Å². The van der Waals surface area contributed by atoms with E-state index in [1.807, 2.05) is 0 Å². The summed E-state index contributed by atoms with van der Waals surface area (Å²) >= 11 is 0. The van der Waals surface area contributed by atoms with Crippen molar-refractivity contribution >= 4 is 38.3 Å². The Balaban J connectivity index is 1.60. The number of sulfonamides is 1. The number of benzene rings is 3. The summed E-state index contributed by atoms with van der Waals surface area (Å²) in [5, 5.41) is 27.5. The first-order valence-corrected chi connectivity index (χ1v) is 11.1. The largest absolute Gasteiger partial charge is 0.493 e. The number of nitrogens with one attached hydrogen (secondary N) is 2. The summed E-state index contributed by atoms with van der Waals surface area (Å²) in [6.07, 6.45) is 0. The van der Waals surface area contributed by atoms with Gasteiger partial charge in [-0.2, -0.15) is 5.11 Å². The van der Waals surface area contributed by atoms with Crippen LogP contribution in [0.25, 0.3) is 10.9 Å². The molecular formula is C22H17FN4O5S. The molecule has 0 aliphatic carbocycles. The molecular weight excluding hydrogens is 451 g/mol. The molecule has 0 aliphatic heterocycles. The van der Waals surface area contributed by atoms with E-state index in [0.29, 0.717) is 22.2 Å². The molecule has 0 radical (unpaired) electrons. The van der Waals surface area contributed by atoms with Gasteiger partial charge in [-0.3, -0.25) is 0 Å². The van der Waals surface area contributed by atoms with Crippen LogP contribution in [0.5, 0.6) is 5.88 Å². The molecule has 1 heterocycles. The lowest BCUT2D eigenvalue weighted by Gasteiger charge is -2.07. The first kappa shape index (κ1) is 22.1. The molecule has 0 bridgehead atoms. The number of carbonyl (C=O) groups is 1. The van der Waals surface area contributed by atoms with Gasteiger partial charge in [-0.15, -0.1) is 5.11 Å². The van der Waals surface area contributed by atoms with Gasteiger partial charge in [0.05, 0.1) is 21.7 Å². The van der Waals surface area contributed by atoms with Crippen LogP contribution < -0.4 is 4.72 Å². The van der Waals surface area contributed by atoms with Crippen molar-refractivity contribution in [1.29, 1.82) is 0 Å². The Kier molecular flexibility index (Phi) is 5.90. The number of fused-ring (bicyclic) bond motifs is 1. The predicted molar refractivity (Wildman–Crippen MR) is 118 cm³/mol. The number of carboxylic acids is 1. The number of nitrogens with zero attached hydrogens (tertiary/aromatic N) is 2. The number of rotatable bonds is 7. The number of aromatic hydroxyl groups is 1. The fraction of sp³-hybridized carbons (Fsp3) is 0.0455. The minimum absolute atomic E-state index is 0.0298. The van der Waals surface area contributed by atoms with Crippen LogP contribution in [-0.4, -0.2) is 29.6 Å². The summed E-state index contributed by atoms with van der Waals surface area (Å²) < 4.78 is 41.0. The SMILES string of the molecule is O=C(O)c1ccc(N=Nc2c(O)[nH]c3ccc(S(=O)(=O)NCc4ccc(F)cc4)cc23)cc1. The van der Waals surface area contributed by atoms with Crippen LogP contribution in [-0.2, 0) is 16.6 Å². The molecule has 0 fully saturated rings. The molecule has 11 heteroatoms. The second-order valence-corrected chi connectivity index (χ2v) is 8.80. The van der Waals surface area contributed by atoms with Gasteiger partial charge in [0.2, 0.25) is 15.9 Å². The number of aromatic nitrogens is 1. The van der Waals surface area contributed by atoms with Crippen molar-refractivity contribution in [2.75, 3.05) is 0 Å². The Bertz CT molecular complexity index is 1460. The van der Waals surface area contributed by atoms with E-state index >= 15 is 0 Å². The fourth-order valence-electron chi connectivity index (χ4n) is 3.05. The summed E-state index contributed by atoms with van der Waals surface area (Å²) in [7, 11) is -3.91. The quantitative estimate of drug-likeness (QED) is 0.293. The van der Waals surface area contributed by atoms with Gasteiger partial charge >= 0.3 is 5.97 Å². The number of halogens is 1. The second kappa shape index (κ2) is 8.81. The maximum absolute atomic E-state index is 13.0. The normalized spacial score (nSPS) is 11.9. The molecule has 0 amide bonds. The first-order chi connectivity index (χ1) is 15.7. The Labute approximate surface area is 187 Å². The molecule has 3 aromatic carbocycles. The van der Waals surface area contributed by atoms with Crippen molar-refractivity contribution in [1.82, 2.24) is 9.71 Å². The molecule has 0 saturated carbocycles. The Morgan fingerprint density at radius 1 is 1.00 bits per heavy atom.